The predicted molar refractivity (Wildman–Crippen MR) is 119 cm³/mol. The van der Waals surface area contributed by atoms with Crippen molar-refractivity contribution in [3.8, 4) is 5.75 Å². The smallest absolute Gasteiger partial charge is 0.251 e. The molecule has 2 aliphatic rings. The molecule has 0 saturated heterocycles. The van der Waals surface area contributed by atoms with E-state index in [0.29, 0.717) is 32.8 Å². The summed E-state index contributed by atoms with van der Waals surface area (Å²) in [6, 6.07) is 19.8. The highest BCUT2D eigenvalue weighted by Crippen LogP contribution is 2.47. The van der Waals surface area contributed by atoms with E-state index in [0.717, 1.165) is 16.8 Å². The van der Waals surface area contributed by atoms with Crippen molar-refractivity contribution in [2.24, 2.45) is 5.10 Å². The second kappa shape index (κ2) is 7.62. The fourth-order valence-corrected chi connectivity index (χ4v) is 4.53. The largest absolute Gasteiger partial charge is 0.459 e. The van der Waals surface area contributed by atoms with Crippen LogP contribution in [0.3, 0.4) is 0 Å². The molecule has 0 fully saturated rings. The van der Waals surface area contributed by atoms with E-state index in [9.17, 15) is 4.79 Å². The summed E-state index contributed by atoms with van der Waals surface area (Å²) in [4.78, 5) is 13.3. The number of ether oxygens (including phenoxy) is 1. The van der Waals surface area contributed by atoms with E-state index in [4.69, 9.17) is 44.6 Å². The molecule has 0 aliphatic carbocycles. The molecule has 2 heterocycles. The minimum Gasteiger partial charge on any atom is -0.459 e. The molecule has 5 rings (SSSR count). The Kier molecular flexibility index (Phi) is 4.94. The minimum absolute atomic E-state index is 0.207. The van der Waals surface area contributed by atoms with Gasteiger partial charge in [0.2, 0.25) is 5.78 Å². The van der Waals surface area contributed by atoms with E-state index in [1.54, 1.807) is 35.3 Å². The van der Waals surface area contributed by atoms with E-state index in [1.165, 1.54) is 0 Å². The van der Waals surface area contributed by atoms with Crippen LogP contribution in [-0.2, 0) is 0 Å². The maximum absolute atomic E-state index is 13.3. The number of carbonyl (C=O) groups is 1. The van der Waals surface area contributed by atoms with Crippen molar-refractivity contribution in [1.29, 1.82) is 0 Å². The first-order chi connectivity index (χ1) is 14.5. The number of fused-ring (bicyclic) bond motifs is 3. The first-order valence-corrected chi connectivity index (χ1v) is 10.5. The van der Waals surface area contributed by atoms with Crippen molar-refractivity contribution < 1.29 is 9.53 Å². The summed E-state index contributed by atoms with van der Waals surface area (Å²) in [6.07, 6.45) is -0.329. The number of Topliss-reactive ketones (excluding diaryl/α,β-unsaturated/α-hetero) is 1. The molecule has 0 radical (unpaired) electrons. The van der Waals surface area contributed by atoms with Gasteiger partial charge in [-0.25, -0.2) is 5.01 Å². The molecule has 0 saturated carbocycles. The van der Waals surface area contributed by atoms with Gasteiger partial charge in [-0.05, 0) is 42.0 Å². The lowest BCUT2D eigenvalue weighted by Crippen LogP contribution is -2.46. The highest BCUT2D eigenvalue weighted by Gasteiger charge is 2.44. The van der Waals surface area contributed by atoms with Gasteiger partial charge < -0.3 is 4.74 Å². The summed E-state index contributed by atoms with van der Waals surface area (Å²) in [5.74, 6) is 0.255. The monoisotopic (exact) mass is 456 g/mol. The number of ketones is 1. The Morgan fingerprint density at radius 3 is 2.43 bits per heavy atom. The Labute approximate surface area is 188 Å². The molecule has 150 valence electrons. The number of halogens is 3. The first-order valence-electron chi connectivity index (χ1n) is 9.38. The van der Waals surface area contributed by atoms with Gasteiger partial charge in [-0.3, -0.25) is 4.79 Å². The standard InChI is InChI=1S/C23H15Cl3N2O2/c24-15-8-6-14(7-9-15)21(29)23-28-20(12-19(27-28)13-4-2-1-3-5-13)17-10-16(25)11-18(26)22(17)30-23/h1-11,20,23H,12H2/t20-,23+/m0/s1. The van der Waals surface area contributed by atoms with Gasteiger partial charge in [-0.1, -0.05) is 65.1 Å². The van der Waals surface area contributed by atoms with Crippen LogP contribution in [0.5, 0.6) is 5.75 Å². The van der Waals surface area contributed by atoms with Gasteiger partial charge in [0.1, 0.15) is 5.75 Å². The van der Waals surface area contributed by atoms with Gasteiger partial charge in [0.05, 0.1) is 16.8 Å². The molecule has 0 unspecified atom stereocenters. The van der Waals surface area contributed by atoms with Crippen molar-refractivity contribution >= 4 is 46.3 Å². The zero-order valence-corrected chi connectivity index (χ0v) is 17.8. The molecule has 0 N–H and O–H groups in total. The molecular formula is C23H15Cl3N2O2. The molecule has 0 aromatic heterocycles. The van der Waals surface area contributed by atoms with E-state index >= 15 is 0 Å². The topological polar surface area (TPSA) is 41.9 Å². The number of carbonyl (C=O) groups excluding carboxylic acids is 1. The molecule has 3 aromatic carbocycles. The summed E-state index contributed by atoms with van der Waals surface area (Å²) in [7, 11) is 0. The van der Waals surface area contributed by atoms with Crippen LogP contribution >= 0.6 is 34.8 Å². The summed E-state index contributed by atoms with van der Waals surface area (Å²) < 4.78 is 6.11. The normalized spacial score (nSPS) is 19.6. The van der Waals surface area contributed by atoms with Crippen molar-refractivity contribution in [3.05, 3.63) is 98.5 Å². The van der Waals surface area contributed by atoms with E-state index in [1.807, 2.05) is 36.4 Å². The zero-order chi connectivity index (χ0) is 20.8. The van der Waals surface area contributed by atoms with E-state index < -0.39 is 6.23 Å². The Hall–Kier alpha value is -2.53. The van der Waals surface area contributed by atoms with Crippen molar-refractivity contribution in [1.82, 2.24) is 5.01 Å². The molecule has 2 atom stereocenters. The number of rotatable bonds is 3. The third-order valence-corrected chi connectivity index (χ3v) is 6.02. The number of hydrazone groups is 1. The van der Waals surface area contributed by atoms with Crippen LogP contribution in [-0.4, -0.2) is 22.7 Å². The summed E-state index contributed by atoms with van der Waals surface area (Å²) in [5, 5.41) is 7.94. The number of nitrogens with zero attached hydrogens (tertiary/aromatic N) is 2. The lowest BCUT2D eigenvalue weighted by molar-refractivity contribution is -0.00447. The van der Waals surface area contributed by atoms with Crippen molar-refractivity contribution in [3.63, 3.8) is 0 Å². The number of benzene rings is 3. The van der Waals surface area contributed by atoms with Gasteiger partial charge in [0, 0.05) is 27.6 Å². The van der Waals surface area contributed by atoms with E-state index in [2.05, 4.69) is 0 Å². The lowest BCUT2D eigenvalue weighted by Gasteiger charge is -2.37. The maximum atomic E-state index is 13.3. The highest BCUT2D eigenvalue weighted by atomic mass is 35.5. The van der Waals surface area contributed by atoms with Crippen molar-refractivity contribution in [2.45, 2.75) is 18.7 Å². The SMILES string of the molecule is O=C(c1ccc(Cl)cc1)[C@H]1Oc2c(Cl)cc(Cl)cc2[C@@H]2CC(c3ccccc3)=NN12. The predicted octanol–water partition coefficient (Wildman–Crippen LogP) is 6.40. The molecule has 0 amide bonds. The molecule has 4 nitrogen and oxygen atoms in total. The van der Waals surface area contributed by atoms with Crippen molar-refractivity contribution in [2.75, 3.05) is 0 Å². The molecule has 3 aromatic rings. The van der Waals surface area contributed by atoms with Crippen LogP contribution in [0.4, 0.5) is 0 Å². The first kappa shape index (κ1) is 19.4. The molecule has 30 heavy (non-hydrogen) atoms. The lowest BCUT2D eigenvalue weighted by atomic mass is 9.95. The Balaban J connectivity index is 1.60. The second-order valence-electron chi connectivity index (χ2n) is 7.16. The third kappa shape index (κ3) is 3.35. The van der Waals surface area contributed by atoms with Crippen LogP contribution in [0.2, 0.25) is 15.1 Å². The third-order valence-electron chi connectivity index (χ3n) is 5.27. The summed E-state index contributed by atoms with van der Waals surface area (Å²) in [5.41, 5.74) is 3.18. The van der Waals surface area contributed by atoms with Crippen LogP contribution in [0.15, 0.2) is 71.8 Å². The van der Waals surface area contributed by atoms with E-state index in [-0.39, 0.29) is 11.8 Å². The fraction of sp³-hybridized carbons (Fsp3) is 0.130. The van der Waals surface area contributed by atoms with Crippen LogP contribution < -0.4 is 4.74 Å². The molecule has 0 bridgehead atoms. The average Bonchev–Trinajstić information content (AvgIpc) is 3.20. The van der Waals surface area contributed by atoms with Gasteiger partial charge in [0.25, 0.3) is 6.23 Å². The molecule has 7 heteroatoms. The minimum atomic E-state index is -0.941. The molecule has 0 spiro atoms. The fourth-order valence-electron chi connectivity index (χ4n) is 3.85. The zero-order valence-electron chi connectivity index (χ0n) is 15.6. The molecular weight excluding hydrogens is 443 g/mol. The van der Waals surface area contributed by atoms with Gasteiger partial charge in [0.15, 0.2) is 0 Å². The van der Waals surface area contributed by atoms with Crippen LogP contribution in [0.1, 0.15) is 33.9 Å². The quantitative estimate of drug-likeness (QED) is 0.427. The van der Waals surface area contributed by atoms with Gasteiger partial charge in [-0.2, -0.15) is 5.10 Å². The Morgan fingerprint density at radius 1 is 0.967 bits per heavy atom. The number of hydrogen-bond acceptors (Lipinski definition) is 4. The highest BCUT2D eigenvalue weighted by molar-refractivity contribution is 6.35. The Bertz CT molecular complexity index is 1160. The van der Waals surface area contributed by atoms with Gasteiger partial charge >= 0.3 is 0 Å². The molecule has 2 aliphatic heterocycles. The Morgan fingerprint density at radius 2 is 1.70 bits per heavy atom. The van der Waals surface area contributed by atoms with Crippen LogP contribution in [0.25, 0.3) is 0 Å². The van der Waals surface area contributed by atoms with Crippen LogP contribution in [0, 0.1) is 0 Å². The van der Waals surface area contributed by atoms with Gasteiger partial charge in [-0.15, -0.1) is 0 Å². The maximum Gasteiger partial charge on any atom is 0.251 e. The average molecular weight is 458 g/mol. The summed E-state index contributed by atoms with van der Waals surface area (Å²) in [6.45, 7) is 0. The summed E-state index contributed by atoms with van der Waals surface area (Å²) >= 11 is 18.7. The number of hydrogen-bond donors (Lipinski definition) is 0. The second-order valence-corrected chi connectivity index (χ2v) is 8.44.